The van der Waals surface area contributed by atoms with Crippen LogP contribution in [0.3, 0.4) is 0 Å². The summed E-state index contributed by atoms with van der Waals surface area (Å²) >= 11 is 1.82. The van der Waals surface area contributed by atoms with Crippen molar-refractivity contribution in [3.63, 3.8) is 0 Å². The van der Waals surface area contributed by atoms with Gasteiger partial charge in [0.05, 0.1) is 4.70 Å². The molecule has 0 amide bonds. The third-order valence-electron chi connectivity index (χ3n) is 3.19. The predicted molar refractivity (Wildman–Crippen MR) is 64.5 cm³/mol. The fourth-order valence-corrected chi connectivity index (χ4v) is 3.36. The molecule has 3 heterocycles. The molecule has 0 aliphatic carbocycles. The molecule has 3 heteroatoms. The highest BCUT2D eigenvalue weighted by atomic mass is 32.1. The molecule has 1 saturated heterocycles. The van der Waals surface area contributed by atoms with Gasteiger partial charge in [-0.25, -0.2) is 0 Å². The van der Waals surface area contributed by atoms with E-state index in [1.165, 1.54) is 22.9 Å². The molecule has 0 aromatic carbocycles. The summed E-state index contributed by atoms with van der Waals surface area (Å²) in [5, 5.41) is 7.16. The normalized spacial score (nSPS) is 18.4. The minimum atomic E-state index is 0.752. The van der Waals surface area contributed by atoms with Crippen LogP contribution >= 0.6 is 11.3 Å². The monoisotopic (exact) mass is 218 g/mol. The van der Waals surface area contributed by atoms with E-state index in [-0.39, 0.29) is 0 Å². The van der Waals surface area contributed by atoms with Crippen molar-refractivity contribution in [1.29, 1.82) is 0 Å². The lowest BCUT2D eigenvalue weighted by Gasteiger charge is -2.22. The van der Waals surface area contributed by atoms with Crippen LogP contribution < -0.4 is 5.32 Å². The molecule has 0 spiro atoms. The molecule has 0 radical (unpaired) electrons. The third-order valence-corrected chi connectivity index (χ3v) is 4.14. The first-order valence-corrected chi connectivity index (χ1v) is 6.35. The van der Waals surface area contributed by atoms with E-state index in [1.807, 2.05) is 23.7 Å². The van der Waals surface area contributed by atoms with Crippen molar-refractivity contribution in [3.8, 4) is 0 Å². The quantitative estimate of drug-likeness (QED) is 0.796. The minimum Gasteiger partial charge on any atom is -0.317 e. The van der Waals surface area contributed by atoms with Crippen molar-refractivity contribution < 1.29 is 0 Å². The van der Waals surface area contributed by atoms with Crippen LogP contribution in [0.15, 0.2) is 23.8 Å². The van der Waals surface area contributed by atoms with E-state index in [2.05, 4.69) is 21.7 Å². The van der Waals surface area contributed by atoms with Gasteiger partial charge >= 0.3 is 0 Å². The van der Waals surface area contributed by atoms with Crippen molar-refractivity contribution in [2.75, 3.05) is 13.1 Å². The molecule has 78 valence electrons. The Kier molecular flexibility index (Phi) is 2.43. The lowest BCUT2D eigenvalue weighted by Crippen LogP contribution is -2.26. The predicted octanol–water partition coefficient (Wildman–Crippen LogP) is 2.76. The van der Waals surface area contributed by atoms with Crippen LogP contribution in [0.1, 0.15) is 24.3 Å². The Labute approximate surface area is 93.3 Å². The molecule has 1 aliphatic rings. The number of thiophene rings is 1. The Bertz CT molecular complexity index is 457. The van der Waals surface area contributed by atoms with E-state index >= 15 is 0 Å². The van der Waals surface area contributed by atoms with Gasteiger partial charge in [-0.15, -0.1) is 11.3 Å². The van der Waals surface area contributed by atoms with Gasteiger partial charge in [0, 0.05) is 12.4 Å². The summed E-state index contributed by atoms with van der Waals surface area (Å²) in [6.45, 7) is 2.32. The first-order chi connectivity index (χ1) is 7.45. The zero-order valence-electron chi connectivity index (χ0n) is 8.57. The van der Waals surface area contributed by atoms with E-state index in [0.29, 0.717) is 0 Å². The highest BCUT2D eigenvalue weighted by Crippen LogP contribution is 2.34. The highest BCUT2D eigenvalue weighted by molar-refractivity contribution is 7.17. The Morgan fingerprint density at radius 2 is 2.20 bits per heavy atom. The summed E-state index contributed by atoms with van der Waals surface area (Å²) < 4.78 is 1.33. The van der Waals surface area contributed by atoms with Gasteiger partial charge < -0.3 is 5.32 Å². The van der Waals surface area contributed by atoms with Gasteiger partial charge in [0.1, 0.15) is 0 Å². The lowest BCUT2D eigenvalue weighted by molar-refractivity contribution is 0.463. The standard InChI is InChI=1S/C12H14N2S/c1-4-13-5-2-9(1)11-8-15-12-7-14-6-3-10(11)12/h3,6-9,13H,1-2,4-5H2. The minimum absolute atomic E-state index is 0.752. The number of hydrogen-bond donors (Lipinski definition) is 1. The van der Waals surface area contributed by atoms with Crippen LogP contribution in [0.25, 0.3) is 10.1 Å². The number of hydrogen-bond acceptors (Lipinski definition) is 3. The maximum absolute atomic E-state index is 4.17. The van der Waals surface area contributed by atoms with Crippen LogP contribution in [-0.2, 0) is 0 Å². The number of fused-ring (bicyclic) bond motifs is 1. The number of nitrogens with zero attached hydrogens (tertiary/aromatic N) is 1. The molecule has 1 N–H and O–H groups in total. The lowest BCUT2D eigenvalue weighted by atomic mass is 9.90. The molecule has 0 saturated carbocycles. The van der Waals surface area contributed by atoms with Gasteiger partial charge in [0.25, 0.3) is 0 Å². The van der Waals surface area contributed by atoms with Gasteiger partial charge in [0.2, 0.25) is 0 Å². The molecule has 2 aromatic rings. The van der Waals surface area contributed by atoms with Gasteiger partial charge in [-0.2, -0.15) is 0 Å². The second kappa shape index (κ2) is 3.91. The highest BCUT2D eigenvalue weighted by Gasteiger charge is 2.18. The SMILES string of the molecule is c1cc2c(C3CCNCC3)csc2cn1. The molecule has 0 bridgehead atoms. The van der Waals surface area contributed by atoms with Crippen LogP contribution in [0.5, 0.6) is 0 Å². The number of nitrogens with one attached hydrogen (secondary N) is 1. The van der Waals surface area contributed by atoms with Gasteiger partial charge in [-0.3, -0.25) is 4.98 Å². The maximum atomic E-state index is 4.17. The summed E-state index contributed by atoms with van der Waals surface area (Å²) in [6.07, 6.45) is 6.42. The maximum Gasteiger partial charge on any atom is 0.0529 e. The van der Waals surface area contributed by atoms with Gasteiger partial charge in [-0.1, -0.05) is 0 Å². The molecule has 1 aliphatic heterocycles. The average molecular weight is 218 g/mol. The zero-order chi connectivity index (χ0) is 10.1. The molecule has 15 heavy (non-hydrogen) atoms. The molecular weight excluding hydrogens is 204 g/mol. The van der Waals surface area contributed by atoms with E-state index in [1.54, 1.807) is 5.56 Å². The van der Waals surface area contributed by atoms with Crippen molar-refractivity contribution in [3.05, 3.63) is 29.4 Å². The second-order valence-electron chi connectivity index (χ2n) is 4.09. The summed E-state index contributed by atoms with van der Waals surface area (Å²) in [7, 11) is 0. The number of piperidine rings is 1. The summed E-state index contributed by atoms with van der Waals surface area (Å²) in [5.74, 6) is 0.752. The van der Waals surface area contributed by atoms with Crippen molar-refractivity contribution in [2.24, 2.45) is 0 Å². The molecule has 1 fully saturated rings. The molecule has 0 atom stereocenters. The van der Waals surface area contributed by atoms with E-state index in [4.69, 9.17) is 0 Å². The Hall–Kier alpha value is -0.930. The fourth-order valence-electron chi connectivity index (χ4n) is 2.35. The summed E-state index contributed by atoms with van der Waals surface area (Å²) in [6, 6.07) is 2.16. The smallest absolute Gasteiger partial charge is 0.0529 e. The molecule has 2 nitrogen and oxygen atoms in total. The Morgan fingerprint density at radius 3 is 3.07 bits per heavy atom. The number of pyridine rings is 1. The molecular formula is C12H14N2S. The first-order valence-electron chi connectivity index (χ1n) is 5.47. The van der Waals surface area contributed by atoms with E-state index < -0.39 is 0 Å². The molecule has 0 unspecified atom stereocenters. The van der Waals surface area contributed by atoms with Crippen LogP contribution in [-0.4, -0.2) is 18.1 Å². The number of rotatable bonds is 1. The van der Waals surface area contributed by atoms with Crippen LogP contribution in [0.4, 0.5) is 0 Å². The third kappa shape index (κ3) is 1.66. The van der Waals surface area contributed by atoms with E-state index in [9.17, 15) is 0 Å². The van der Waals surface area contributed by atoms with Gasteiger partial charge in [0.15, 0.2) is 0 Å². The van der Waals surface area contributed by atoms with Gasteiger partial charge in [-0.05, 0) is 54.2 Å². The summed E-state index contributed by atoms with van der Waals surface area (Å²) in [5.41, 5.74) is 1.54. The summed E-state index contributed by atoms with van der Waals surface area (Å²) in [4.78, 5) is 4.17. The first kappa shape index (κ1) is 9.31. The van der Waals surface area contributed by atoms with E-state index in [0.717, 1.165) is 19.0 Å². The van der Waals surface area contributed by atoms with Crippen molar-refractivity contribution in [1.82, 2.24) is 10.3 Å². The number of aromatic nitrogens is 1. The van der Waals surface area contributed by atoms with Crippen molar-refractivity contribution in [2.45, 2.75) is 18.8 Å². The Balaban J connectivity index is 2.02. The van der Waals surface area contributed by atoms with Crippen LogP contribution in [0.2, 0.25) is 0 Å². The molecule has 2 aromatic heterocycles. The Morgan fingerprint density at radius 1 is 1.33 bits per heavy atom. The average Bonchev–Trinajstić information content (AvgIpc) is 2.74. The van der Waals surface area contributed by atoms with Crippen molar-refractivity contribution >= 4 is 21.4 Å². The zero-order valence-corrected chi connectivity index (χ0v) is 9.39. The topological polar surface area (TPSA) is 24.9 Å². The fraction of sp³-hybridized carbons (Fsp3) is 0.417. The molecule has 3 rings (SSSR count). The van der Waals surface area contributed by atoms with Crippen LogP contribution in [0, 0.1) is 0 Å². The largest absolute Gasteiger partial charge is 0.317 e. The second-order valence-corrected chi connectivity index (χ2v) is 5.00.